The van der Waals surface area contributed by atoms with E-state index >= 15 is 0 Å². The van der Waals surface area contributed by atoms with E-state index in [0.717, 1.165) is 51.9 Å². The fourth-order valence-corrected chi connectivity index (χ4v) is 4.44. The van der Waals surface area contributed by atoms with Gasteiger partial charge in [-0.3, -0.25) is 9.69 Å². The summed E-state index contributed by atoms with van der Waals surface area (Å²) >= 11 is 0. The average Bonchev–Trinajstić information content (AvgIpc) is 2.61. The Labute approximate surface area is 168 Å². The number of carbonyl (C=O) groups excluding carboxylic acids is 1. The minimum Gasteiger partial charge on any atom is -0.460 e. The predicted octanol–water partition coefficient (Wildman–Crippen LogP) is 3.82. The summed E-state index contributed by atoms with van der Waals surface area (Å²) < 4.78 is 19.6. The molecule has 0 aromatic heterocycles. The fraction of sp³-hybridized carbons (Fsp3) is 0.682. The SMILES string of the molecule is CC(C)(C)OC(=O)CC1CCC(N2CCN(c3ccc(N)cc3F)CC2)CC1. The zero-order chi connectivity index (χ0) is 20.3. The summed E-state index contributed by atoms with van der Waals surface area (Å²) in [6.45, 7) is 9.31. The van der Waals surface area contributed by atoms with Crippen LogP contribution < -0.4 is 10.6 Å². The number of halogens is 1. The molecule has 3 rings (SSSR count). The number of carbonyl (C=O) groups is 1. The Balaban J connectivity index is 1.43. The zero-order valence-corrected chi connectivity index (χ0v) is 17.4. The number of piperazine rings is 1. The van der Waals surface area contributed by atoms with E-state index in [4.69, 9.17) is 10.5 Å². The zero-order valence-electron chi connectivity index (χ0n) is 17.4. The smallest absolute Gasteiger partial charge is 0.306 e. The van der Waals surface area contributed by atoms with E-state index in [1.165, 1.54) is 6.07 Å². The maximum Gasteiger partial charge on any atom is 0.306 e. The average molecular weight is 392 g/mol. The van der Waals surface area contributed by atoms with Crippen LogP contribution >= 0.6 is 0 Å². The standard InChI is InChI=1S/C22H34FN3O2/c1-22(2,3)28-21(27)14-16-4-7-18(8-5-16)25-10-12-26(13-11-25)20-9-6-17(24)15-19(20)23/h6,9,15-16,18H,4-5,7-8,10-14,24H2,1-3H3. The Morgan fingerprint density at radius 1 is 1.14 bits per heavy atom. The van der Waals surface area contributed by atoms with Crippen molar-refractivity contribution in [3.63, 3.8) is 0 Å². The van der Waals surface area contributed by atoms with E-state index < -0.39 is 5.60 Å². The minimum absolute atomic E-state index is 0.0740. The highest BCUT2D eigenvalue weighted by atomic mass is 19.1. The minimum atomic E-state index is -0.405. The number of ether oxygens (including phenoxy) is 1. The maximum absolute atomic E-state index is 14.2. The van der Waals surface area contributed by atoms with Gasteiger partial charge in [-0.05, 0) is 70.6 Å². The molecule has 1 aliphatic carbocycles. The van der Waals surface area contributed by atoms with Crippen molar-refractivity contribution in [1.82, 2.24) is 4.90 Å². The molecule has 1 aromatic rings. The molecular weight excluding hydrogens is 357 g/mol. The highest BCUT2D eigenvalue weighted by molar-refractivity contribution is 5.70. The van der Waals surface area contributed by atoms with Crippen LogP contribution in [0.2, 0.25) is 0 Å². The summed E-state index contributed by atoms with van der Waals surface area (Å²) in [5.74, 6) is 0.127. The summed E-state index contributed by atoms with van der Waals surface area (Å²) in [6.07, 6.45) is 4.95. The summed E-state index contributed by atoms with van der Waals surface area (Å²) in [6, 6.07) is 5.51. The Morgan fingerprint density at radius 3 is 2.36 bits per heavy atom. The lowest BCUT2D eigenvalue weighted by Gasteiger charge is -2.42. The number of nitrogen functional groups attached to an aromatic ring is 1. The van der Waals surface area contributed by atoms with Crippen LogP contribution in [0.25, 0.3) is 0 Å². The molecular formula is C22H34FN3O2. The van der Waals surface area contributed by atoms with Crippen molar-refractivity contribution >= 4 is 17.3 Å². The Morgan fingerprint density at radius 2 is 1.79 bits per heavy atom. The third-order valence-electron chi connectivity index (χ3n) is 5.83. The van der Waals surface area contributed by atoms with Gasteiger partial charge in [0.25, 0.3) is 0 Å². The lowest BCUT2D eigenvalue weighted by atomic mass is 9.83. The van der Waals surface area contributed by atoms with Gasteiger partial charge in [-0.25, -0.2) is 4.39 Å². The molecule has 28 heavy (non-hydrogen) atoms. The molecule has 6 heteroatoms. The lowest BCUT2D eigenvalue weighted by Crippen LogP contribution is -2.51. The Hall–Kier alpha value is -1.82. The molecule has 156 valence electrons. The van der Waals surface area contributed by atoms with E-state index in [1.807, 2.05) is 20.8 Å². The van der Waals surface area contributed by atoms with Gasteiger partial charge >= 0.3 is 5.97 Å². The van der Waals surface area contributed by atoms with Crippen molar-refractivity contribution in [3.05, 3.63) is 24.0 Å². The number of nitrogens with two attached hydrogens (primary N) is 1. The summed E-state index contributed by atoms with van der Waals surface area (Å²) in [5.41, 5.74) is 6.36. The van der Waals surface area contributed by atoms with Gasteiger partial charge in [0.15, 0.2) is 0 Å². The highest BCUT2D eigenvalue weighted by Gasteiger charge is 2.30. The fourth-order valence-electron chi connectivity index (χ4n) is 4.44. The number of anilines is 2. The number of hydrogen-bond donors (Lipinski definition) is 1. The van der Waals surface area contributed by atoms with Crippen molar-refractivity contribution in [1.29, 1.82) is 0 Å². The van der Waals surface area contributed by atoms with E-state index in [-0.39, 0.29) is 11.8 Å². The van der Waals surface area contributed by atoms with E-state index in [0.29, 0.717) is 29.8 Å². The van der Waals surface area contributed by atoms with Gasteiger partial charge < -0.3 is 15.4 Å². The third-order valence-corrected chi connectivity index (χ3v) is 5.83. The first-order valence-electron chi connectivity index (χ1n) is 10.5. The van der Waals surface area contributed by atoms with E-state index in [2.05, 4.69) is 9.80 Å². The molecule has 0 amide bonds. The van der Waals surface area contributed by atoms with Crippen molar-refractivity contribution in [2.24, 2.45) is 5.92 Å². The second-order valence-electron chi connectivity index (χ2n) is 9.20. The van der Waals surface area contributed by atoms with Crippen LogP contribution in [0.15, 0.2) is 18.2 Å². The molecule has 1 saturated carbocycles. The van der Waals surface area contributed by atoms with Gasteiger partial charge in [-0.1, -0.05) is 0 Å². The summed E-state index contributed by atoms with van der Waals surface area (Å²) in [4.78, 5) is 16.7. The van der Waals surface area contributed by atoms with Gasteiger partial charge in [0.05, 0.1) is 5.69 Å². The molecule has 2 N–H and O–H groups in total. The first-order valence-corrected chi connectivity index (χ1v) is 10.5. The quantitative estimate of drug-likeness (QED) is 0.625. The molecule has 1 saturated heterocycles. The molecule has 5 nitrogen and oxygen atoms in total. The molecule has 2 aliphatic rings. The number of hydrogen-bond acceptors (Lipinski definition) is 5. The first kappa shape index (κ1) is 20.9. The number of nitrogens with zero attached hydrogens (tertiary/aromatic N) is 2. The number of benzene rings is 1. The summed E-state index contributed by atoms with van der Waals surface area (Å²) in [5, 5.41) is 0. The topological polar surface area (TPSA) is 58.8 Å². The molecule has 1 heterocycles. The monoisotopic (exact) mass is 391 g/mol. The van der Waals surface area contributed by atoms with Crippen LogP contribution in [0.5, 0.6) is 0 Å². The molecule has 0 unspecified atom stereocenters. The van der Waals surface area contributed by atoms with Crippen molar-refractivity contribution in [2.45, 2.75) is 64.5 Å². The van der Waals surface area contributed by atoms with Crippen LogP contribution in [0, 0.1) is 11.7 Å². The van der Waals surface area contributed by atoms with E-state index in [1.54, 1.807) is 12.1 Å². The molecule has 0 bridgehead atoms. The highest BCUT2D eigenvalue weighted by Crippen LogP contribution is 2.31. The van der Waals surface area contributed by atoms with Crippen LogP contribution in [0.4, 0.5) is 15.8 Å². The van der Waals surface area contributed by atoms with Crippen LogP contribution in [-0.4, -0.2) is 48.7 Å². The molecule has 0 spiro atoms. The number of esters is 1. The van der Waals surface area contributed by atoms with Crippen molar-refractivity contribution < 1.29 is 13.9 Å². The van der Waals surface area contributed by atoms with Gasteiger partial charge in [-0.2, -0.15) is 0 Å². The van der Waals surface area contributed by atoms with Gasteiger partial charge in [0.1, 0.15) is 11.4 Å². The third kappa shape index (κ3) is 5.60. The van der Waals surface area contributed by atoms with Gasteiger partial charge in [0.2, 0.25) is 0 Å². The molecule has 1 aromatic carbocycles. The number of rotatable bonds is 4. The van der Waals surface area contributed by atoms with E-state index in [9.17, 15) is 9.18 Å². The van der Waals surface area contributed by atoms with Crippen LogP contribution in [0.1, 0.15) is 52.9 Å². The normalized spacial score (nSPS) is 24.2. The predicted molar refractivity (Wildman–Crippen MR) is 111 cm³/mol. The molecule has 0 atom stereocenters. The second kappa shape index (κ2) is 8.68. The van der Waals surface area contributed by atoms with Crippen molar-refractivity contribution in [2.75, 3.05) is 36.8 Å². The summed E-state index contributed by atoms with van der Waals surface area (Å²) in [7, 11) is 0. The molecule has 2 fully saturated rings. The molecule has 0 radical (unpaired) electrons. The van der Waals surface area contributed by atoms with Crippen molar-refractivity contribution in [3.8, 4) is 0 Å². The van der Waals surface area contributed by atoms with Gasteiger partial charge in [-0.15, -0.1) is 0 Å². The first-order chi connectivity index (χ1) is 13.2. The lowest BCUT2D eigenvalue weighted by molar-refractivity contribution is -0.156. The van der Waals surface area contributed by atoms with Gasteiger partial charge in [0, 0.05) is 44.3 Å². The molecule has 1 aliphatic heterocycles. The van der Waals surface area contributed by atoms with Crippen LogP contribution in [0.3, 0.4) is 0 Å². The largest absolute Gasteiger partial charge is 0.460 e. The van der Waals surface area contributed by atoms with Crippen LogP contribution in [-0.2, 0) is 9.53 Å². The Bertz CT molecular complexity index is 673. The maximum atomic E-state index is 14.2. The second-order valence-corrected chi connectivity index (χ2v) is 9.20. The Kier molecular flexibility index (Phi) is 6.48.